The second-order valence-electron chi connectivity index (χ2n) is 14.3. The van der Waals surface area contributed by atoms with E-state index in [4.69, 9.17) is 14.0 Å². The number of unbranched alkanes of at least 4 members (excludes halogenated alkanes) is 1. The molecule has 1 N–H and O–H groups in total. The monoisotopic (exact) mass is 702 g/mol. The summed E-state index contributed by atoms with van der Waals surface area (Å²) in [5.41, 5.74) is 1.02. The van der Waals surface area contributed by atoms with Crippen molar-refractivity contribution in [3.8, 4) is 11.3 Å². The van der Waals surface area contributed by atoms with Gasteiger partial charge in [-0.2, -0.15) is 0 Å². The van der Waals surface area contributed by atoms with Crippen molar-refractivity contribution in [2.24, 2.45) is 0 Å². The Morgan fingerprint density at radius 2 is 1.71 bits per heavy atom. The van der Waals surface area contributed by atoms with Gasteiger partial charge in [0.25, 0.3) is 0 Å². The van der Waals surface area contributed by atoms with E-state index in [0.717, 1.165) is 10.5 Å². The van der Waals surface area contributed by atoms with Crippen molar-refractivity contribution in [1.82, 2.24) is 19.2 Å². The molecule has 0 aliphatic carbocycles. The standard InChI is InChI=1S/C35H48FN4O8P/c1-8-46-49(45)20-19-38(23-25-14-15-26(36)21-27(25)28-22-37-29-13-9-11-17-39(28)29)24-35(49,30(41)42)16-10-12-18-40(31(43)47-33(2,3)4)32(44)48-34(5,6)7/h9,11,13-15,17,21-22H,8,10,12,16,18-20,23-24H2,1-7H3,(H,41,42)/t35-,49?/m0/s1. The molecule has 1 aliphatic heterocycles. The highest BCUT2D eigenvalue weighted by Crippen LogP contribution is 2.63. The number of carbonyl (C=O) groups excluding carboxylic acids is 2. The lowest BCUT2D eigenvalue weighted by Crippen LogP contribution is -2.54. The van der Waals surface area contributed by atoms with Gasteiger partial charge in [-0.1, -0.05) is 12.1 Å². The van der Waals surface area contributed by atoms with Crippen LogP contribution in [0, 0.1) is 5.82 Å². The zero-order valence-corrected chi connectivity index (χ0v) is 30.3. The molecule has 4 rings (SSSR count). The molecule has 1 saturated heterocycles. The summed E-state index contributed by atoms with van der Waals surface area (Å²) in [6, 6.07) is 10.0. The fourth-order valence-corrected chi connectivity index (χ4v) is 8.99. The first-order valence-electron chi connectivity index (χ1n) is 16.5. The maximum Gasteiger partial charge on any atom is 0.419 e. The minimum absolute atomic E-state index is 0.0151. The van der Waals surface area contributed by atoms with Crippen LogP contribution in [0.3, 0.4) is 0 Å². The highest BCUT2D eigenvalue weighted by molar-refractivity contribution is 7.62. The first kappa shape index (κ1) is 38.0. The molecule has 1 aromatic carbocycles. The van der Waals surface area contributed by atoms with Crippen LogP contribution >= 0.6 is 7.37 Å². The van der Waals surface area contributed by atoms with Gasteiger partial charge >= 0.3 is 18.2 Å². The number of carboxylic acid groups (broad SMARTS) is 1. The second kappa shape index (κ2) is 15.0. The molecule has 0 radical (unpaired) electrons. The van der Waals surface area contributed by atoms with Crippen LogP contribution in [0.2, 0.25) is 0 Å². The number of carboxylic acids is 1. The molecule has 14 heteroatoms. The average Bonchev–Trinajstić information content (AvgIpc) is 3.41. The molecule has 2 atom stereocenters. The predicted octanol–water partition coefficient (Wildman–Crippen LogP) is 7.44. The second-order valence-corrected chi connectivity index (χ2v) is 17.2. The maximum absolute atomic E-state index is 14.6. The summed E-state index contributed by atoms with van der Waals surface area (Å²) in [5, 5.41) is 8.98. The Labute approximate surface area is 287 Å². The number of imide groups is 1. The number of rotatable bonds is 11. The Balaban J connectivity index is 1.57. The molecule has 3 heterocycles. The SMILES string of the molecule is CCOP1(=O)CCN(Cc2ccc(F)cc2-c2cnc3ccccn23)C[C@@]1(CCCCN(C(=O)OC(C)(C)C)C(=O)OC(C)(C)C)C(=O)O. The van der Waals surface area contributed by atoms with Crippen molar-refractivity contribution in [2.45, 2.75) is 90.6 Å². The van der Waals surface area contributed by atoms with Gasteiger partial charge in [-0.3, -0.25) is 18.7 Å². The van der Waals surface area contributed by atoms with Gasteiger partial charge in [0.15, 0.2) is 5.16 Å². The van der Waals surface area contributed by atoms with Crippen LogP contribution in [0.25, 0.3) is 16.9 Å². The van der Waals surface area contributed by atoms with Crippen molar-refractivity contribution in [3.63, 3.8) is 0 Å². The van der Waals surface area contributed by atoms with Crippen LogP contribution < -0.4 is 0 Å². The lowest BCUT2D eigenvalue weighted by atomic mass is 9.98. The normalized spacial score (nSPS) is 20.2. The number of hydrogen-bond donors (Lipinski definition) is 1. The minimum Gasteiger partial charge on any atom is -0.480 e. The van der Waals surface area contributed by atoms with Gasteiger partial charge in [0, 0.05) is 44.1 Å². The molecule has 0 spiro atoms. The van der Waals surface area contributed by atoms with Crippen molar-refractivity contribution >= 4 is 31.2 Å². The number of hydrogen-bond acceptors (Lipinski definition) is 9. The van der Waals surface area contributed by atoms with Gasteiger partial charge in [0.1, 0.15) is 22.7 Å². The van der Waals surface area contributed by atoms with Crippen LogP contribution in [-0.4, -0.2) is 91.2 Å². The third-order valence-electron chi connectivity index (χ3n) is 8.19. The van der Waals surface area contributed by atoms with Gasteiger partial charge in [0.05, 0.1) is 18.5 Å². The van der Waals surface area contributed by atoms with Gasteiger partial charge in [-0.25, -0.2) is 23.9 Å². The van der Waals surface area contributed by atoms with E-state index in [1.165, 1.54) is 12.1 Å². The third-order valence-corrected chi connectivity index (χ3v) is 11.5. The number of halogens is 1. The van der Waals surface area contributed by atoms with E-state index in [2.05, 4.69) is 4.98 Å². The van der Waals surface area contributed by atoms with Gasteiger partial charge in [0.2, 0.25) is 7.37 Å². The Morgan fingerprint density at radius 3 is 2.33 bits per heavy atom. The summed E-state index contributed by atoms with van der Waals surface area (Å²) in [4.78, 5) is 46.3. The molecule has 0 saturated carbocycles. The van der Waals surface area contributed by atoms with Crippen LogP contribution in [0.15, 0.2) is 48.8 Å². The molecular formula is C35H48FN4O8P. The maximum atomic E-state index is 14.6. The van der Waals surface area contributed by atoms with Crippen LogP contribution in [0.5, 0.6) is 0 Å². The number of pyridine rings is 1. The van der Waals surface area contributed by atoms with E-state index in [1.807, 2.05) is 33.7 Å². The molecule has 1 aliphatic rings. The van der Waals surface area contributed by atoms with Crippen LogP contribution in [0.1, 0.15) is 73.3 Å². The lowest BCUT2D eigenvalue weighted by molar-refractivity contribution is -0.141. The summed E-state index contributed by atoms with van der Waals surface area (Å²) >= 11 is 0. The summed E-state index contributed by atoms with van der Waals surface area (Å²) in [5.74, 6) is -1.66. The Morgan fingerprint density at radius 1 is 1.04 bits per heavy atom. The zero-order chi connectivity index (χ0) is 36.2. The highest BCUT2D eigenvalue weighted by atomic mass is 31.2. The van der Waals surface area contributed by atoms with Gasteiger partial charge in [-0.15, -0.1) is 0 Å². The van der Waals surface area contributed by atoms with E-state index in [0.29, 0.717) is 23.4 Å². The zero-order valence-electron chi connectivity index (χ0n) is 29.4. The summed E-state index contributed by atoms with van der Waals surface area (Å²) in [7, 11) is -3.72. The fourth-order valence-electron chi connectivity index (χ4n) is 6.02. The largest absolute Gasteiger partial charge is 0.480 e. The third kappa shape index (κ3) is 9.06. The average molecular weight is 703 g/mol. The van der Waals surface area contributed by atoms with Crippen molar-refractivity contribution in [1.29, 1.82) is 0 Å². The molecule has 268 valence electrons. The van der Waals surface area contributed by atoms with E-state index >= 15 is 0 Å². The van der Waals surface area contributed by atoms with Crippen LogP contribution in [-0.2, 0) is 29.9 Å². The van der Waals surface area contributed by atoms with Gasteiger partial charge < -0.3 is 19.1 Å². The highest BCUT2D eigenvalue weighted by Gasteiger charge is 2.58. The fraction of sp³-hybridized carbons (Fsp3) is 0.543. The summed E-state index contributed by atoms with van der Waals surface area (Å²) in [6.45, 7) is 12.2. The molecule has 0 bridgehead atoms. The van der Waals surface area contributed by atoms with Crippen molar-refractivity contribution < 1.29 is 42.4 Å². The predicted molar refractivity (Wildman–Crippen MR) is 183 cm³/mol. The molecule has 49 heavy (non-hydrogen) atoms. The Kier molecular flexibility index (Phi) is 11.6. The van der Waals surface area contributed by atoms with E-state index in [1.54, 1.807) is 60.7 Å². The molecule has 2 aromatic heterocycles. The lowest BCUT2D eigenvalue weighted by Gasteiger charge is -2.45. The number of carbonyl (C=O) groups is 3. The molecular weight excluding hydrogens is 654 g/mol. The van der Waals surface area contributed by atoms with E-state index in [9.17, 15) is 28.4 Å². The number of benzene rings is 1. The molecule has 3 aromatic rings. The molecule has 2 amide bonds. The van der Waals surface area contributed by atoms with Crippen LogP contribution in [0.4, 0.5) is 14.0 Å². The van der Waals surface area contributed by atoms with E-state index in [-0.39, 0.29) is 51.7 Å². The molecule has 1 unspecified atom stereocenters. The topological polar surface area (TPSA) is 140 Å². The molecule has 1 fully saturated rings. The first-order valence-corrected chi connectivity index (χ1v) is 18.3. The number of imidazole rings is 1. The minimum atomic E-state index is -3.72. The van der Waals surface area contributed by atoms with Crippen molar-refractivity contribution in [3.05, 3.63) is 60.2 Å². The smallest absolute Gasteiger partial charge is 0.419 e. The quantitative estimate of drug-likeness (QED) is 0.158. The number of ether oxygens (including phenoxy) is 2. The molecule has 12 nitrogen and oxygen atoms in total. The van der Waals surface area contributed by atoms with Gasteiger partial charge in [-0.05, 0) is 97.6 Å². The Bertz CT molecular complexity index is 1690. The number of nitrogens with zero attached hydrogens (tertiary/aromatic N) is 4. The number of amides is 2. The number of aromatic nitrogens is 2. The van der Waals surface area contributed by atoms with Crippen molar-refractivity contribution in [2.75, 3.05) is 32.4 Å². The summed E-state index contributed by atoms with van der Waals surface area (Å²) < 4.78 is 47.5. The number of fused-ring (bicyclic) bond motifs is 1. The number of aliphatic carboxylic acids is 1. The summed E-state index contributed by atoms with van der Waals surface area (Å²) in [6.07, 6.45) is 2.16. The van der Waals surface area contributed by atoms with E-state index < -0.39 is 47.7 Å². The Hall–Kier alpha value is -3.80. The first-order chi connectivity index (χ1) is 22.9.